The third-order valence-electron chi connectivity index (χ3n) is 25.1. The summed E-state index contributed by atoms with van der Waals surface area (Å²) in [5, 5.41) is 18.9. The fourth-order valence-corrected chi connectivity index (χ4v) is 17.2. The Kier molecular flexibility index (Phi) is 35.2. The molecule has 42 heteroatoms. The number of aliphatic hydroxyl groups is 1. The number of esters is 5. The number of primary amides is 1. The first-order chi connectivity index (χ1) is 67.8. The molecule has 756 valence electrons. The summed E-state index contributed by atoms with van der Waals surface area (Å²) in [4.78, 5) is 150. The highest BCUT2D eigenvalue weighted by molar-refractivity contribution is 6.33. The van der Waals surface area contributed by atoms with Crippen LogP contribution in [0.25, 0.3) is 0 Å². The van der Waals surface area contributed by atoms with Gasteiger partial charge in [0.05, 0.1) is 191 Å². The summed E-state index contributed by atoms with van der Waals surface area (Å²) in [6.07, 6.45) is 0.356. The lowest BCUT2D eigenvalue weighted by Gasteiger charge is -2.39. The minimum Gasteiger partial charge on any atom is -0.508 e. The second-order valence-electron chi connectivity index (χ2n) is 33.1. The number of methoxy groups -OCH3 is 7. The highest BCUT2D eigenvalue weighted by atomic mass is 35.5. The molecule has 0 saturated heterocycles. The van der Waals surface area contributed by atoms with Gasteiger partial charge in [0.25, 0.3) is 5.91 Å². The van der Waals surface area contributed by atoms with Gasteiger partial charge in [-0.3, -0.25) is 29.3 Å². The number of carbonyl (C=O) groups excluding carboxylic acids is 11. The van der Waals surface area contributed by atoms with Gasteiger partial charge in [-0.1, -0.05) is 76.7 Å². The van der Waals surface area contributed by atoms with Crippen LogP contribution in [0, 0.1) is 34.9 Å². The zero-order chi connectivity index (χ0) is 105. The van der Waals surface area contributed by atoms with Crippen LogP contribution < -0.4 is 44.4 Å². The molecule has 0 unspecified atom stereocenters. The summed E-state index contributed by atoms with van der Waals surface area (Å²) in [7, 11) is 17.3. The van der Waals surface area contributed by atoms with Gasteiger partial charge in [0.15, 0.2) is 23.1 Å². The van der Waals surface area contributed by atoms with Crippen molar-refractivity contribution in [3.05, 3.63) is 296 Å². The van der Waals surface area contributed by atoms with Crippen LogP contribution in [0.4, 0.5) is 78.8 Å². The molecule has 0 radical (unpaired) electrons. The van der Waals surface area contributed by atoms with E-state index in [0.29, 0.717) is 51.5 Å². The Bertz CT molecular complexity index is 6620. The summed E-state index contributed by atoms with van der Waals surface area (Å²) >= 11 is 24.8. The van der Waals surface area contributed by atoms with Crippen molar-refractivity contribution < 1.29 is 127 Å². The fourth-order valence-electron chi connectivity index (χ4n) is 16.3. The van der Waals surface area contributed by atoms with E-state index in [1.807, 2.05) is 27.7 Å². The summed E-state index contributed by atoms with van der Waals surface area (Å²) in [6.45, 7) is 8.34. The van der Waals surface area contributed by atoms with Crippen molar-refractivity contribution in [1.29, 1.82) is 0 Å². The van der Waals surface area contributed by atoms with Gasteiger partial charge < -0.3 is 78.3 Å². The number of hydrogen-bond acceptors (Lipinski definition) is 21. The molecule has 4 N–H and O–H groups in total. The molecule has 11 amide bonds. The number of phenols is 1. The summed E-state index contributed by atoms with van der Waals surface area (Å²) in [5.74, 6) is -8.42. The van der Waals surface area contributed by atoms with E-state index in [4.69, 9.17) is 95.1 Å². The minimum atomic E-state index is -1.13. The number of nitrogens with two attached hydrogens (primary N) is 1. The van der Waals surface area contributed by atoms with Gasteiger partial charge in [-0.15, -0.1) is 0 Å². The molecule has 5 aliphatic heterocycles. The lowest BCUT2D eigenvalue weighted by atomic mass is 9.98. The number of phenolic OH excluding ortho intramolecular Hbond substituents is 1. The third kappa shape index (κ3) is 22.8. The van der Waals surface area contributed by atoms with Crippen LogP contribution in [0.15, 0.2) is 152 Å². The molecule has 143 heavy (non-hydrogen) atoms. The maximum absolute atomic E-state index is 15.2. The summed E-state index contributed by atoms with van der Waals surface area (Å²) < 4.78 is 127. The van der Waals surface area contributed by atoms with Crippen LogP contribution in [0.3, 0.4) is 0 Å². The van der Waals surface area contributed by atoms with Crippen LogP contribution in [0.1, 0.15) is 189 Å². The number of halogens is 10. The van der Waals surface area contributed by atoms with Crippen LogP contribution in [0.5, 0.6) is 23.0 Å². The largest absolute Gasteiger partial charge is 0.508 e. The molecule has 5 aliphatic rings. The molecule has 0 bridgehead atoms. The second-order valence-corrected chi connectivity index (χ2v) is 34.7. The van der Waals surface area contributed by atoms with Gasteiger partial charge in [-0.2, -0.15) is 0 Å². The van der Waals surface area contributed by atoms with Gasteiger partial charge in [0.1, 0.15) is 34.8 Å². The highest BCUT2D eigenvalue weighted by Gasteiger charge is 2.42. The van der Waals surface area contributed by atoms with E-state index in [2.05, 4.69) is 0 Å². The number of carbonyl (C=O) groups is 11. The average Bonchev–Trinajstić information content (AvgIpc) is 0.782. The van der Waals surface area contributed by atoms with Gasteiger partial charge in [0.2, 0.25) is 0 Å². The van der Waals surface area contributed by atoms with Crippen molar-refractivity contribution >= 4 is 141 Å². The van der Waals surface area contributed by atoms with Crippen molar-refractivity contribution in [1.82, 2.24) is 24.5 Å². The van der Waals surface area contributed by atoms with E-state index in [1.165, 1.54) is 133 Å². The molecule has 15 rings (SSSR count). The number of urea groups is 5. The zero-order valence-corrected chi connectivity index (χ0v) is 83.5. The minimum absolute atomic E-state index is 0.00671. The van der Waals surface area contributed by atoms with Gasteiger partial charge in [-0.05, 0) is 172 Å². The number of nitrogens with zero attached hydrogens (tertiary/aromatic N) is 10. The first-order valence-electron chi connectivity index (χ1n) is 43.8. The molecule has 0 saturated carbocycles. The van der Waals surface area contributed by atoms with Crippen molar-refractivity contribution in [3.8, 4) is 23.0 Å². The van der Waals surface area contributed by atoms with E-state index in [9.17, 15) is 79.8 Å². The number of anilines is 5. The summed E-state index contributed by atoms with van der Waals surface area (Å²) in [5.41, 5.74) is 12.3. The zero-order valence-electron chi connectivity index (χ0n) is 80.5. The van der Waals surface area contributed by atoms with E-state index in [0.717, 1.165) is 45.4 Å². The standard InChI is InChI=1S/C22H24ClFN2O5.2C20H20ClFN2O4.C20H19F2N3O4.C19H18ClFN2O4/c1-13-15-6-5-14(21(28)30-3)11-18(15)26(22(29)25(13)2)12-16-17(23)7-8-19(20(16)24)31-10-4-9-27;1-11-14-6-5-12(19(25)28-4)7-18(14)24(20(26)23(11)2)10-15-16(21)8-13(27-3)9-17(15)22;1-11-13-6-5-12(19(25)28-4)9-16(13)24(20(26)23(11)2)10-14-15(21)7-8-17(27-3)18(14)22;1-10-12-5-4-11(19(27)29-3)8-16(12)25(20(28)24(10)2)9-14-15(21)7-6-13(17(14)22)18(23)26;1-10-13-5-4-11(18(25)27-3)6-17(13)23(19(26)22(10)2)9-14-15(20)7-12(24)8-16(14)21/h5-8,11,13,27H,4,9-10,12H2,1-3H3;2*5-9,11H,10H2,1-4H3;4-8,10H,9H2,1-3H3,(H2,23,26);4-8,10,24H,9H2,1-3H3/t13-;2*11-;2*10-/m00000/s1. The first kappa shape index (κ1) is 109. The number of aliphatic hydroxyl groups excluding tert-OH is 1. The molecule has 10 aromatic carbocycles. The molecular formula is C101H101Cl4F6N11O21. The molecule has 5 atom stereocenters. The molecular weight excluding hydrogens is 1960 g/mol. The maximum Gasteiger partial charge on any atom is 0.337 e. The monoisotopic (exact) mass is 2060 g/mol. The molecule has 5 heterocycles. The van der Waals surface area contributed by atoms with Crippen LogP contribution in [-0.4, -0.2) is 199 Å². The molecule has 0 fully saturated rings. The third-order valence-corrected chi connectivity index (χ3v) is 26.5. The van der Waals surface area contributed by atoms with Crippen LogP contribution in [-0.2, 0) is 56.4 Å². The van der Waals surface area contributed by atoms with Gasteiger partial charge in [-0.25, -0.2) is 74.3 Å². The van der Waals surface area contributed by atoms with Gasteiger partial charge >= 0.3 is 60.0 Å². The highest BCUT2D eigenvalue weighted by Crippen LogP contribution is 2.47. The van der Waals surface area contributed by atoms with Crippen LogP contribution >= 0.6 is 46.4 Å². The number of aromatic hydroxyl groups is 1. The number of rotatable bonds is 22. The number of ether oxygens (including phenoxy) is 8. The number of hydrogen-bond donors (Lipinski definition) is 3. The lowest BCUT2D eigenvalue weighted by molar-refractivity contribution is 0.0592. The van der Waals surface area contributed by atoms with Gasteiger partial charge in [0, 0.05) is 98.3 Å². The van der Waals surface area contributed by atoms with Crippen LogP contribution in [0.2, 0.25) is 20.1 Å². The SMILES string of the molecule is COC(=O)c1ccc2c(c1)N(Cc1c(Cl)ccc(OC)c1F)C(=O)N(C)[C@H]2C.COC(=O)c1ccc2c(c1)N(Cc1c(Cl)ccc(OCCCO)c1F)C(=O)N(C)[C@H]2C.COC(=O)c1ccc2c(c1)N(Cc1c(F)cc(O)cc1Cl)C(=O)N(C)[C@H]2C.COC(=O)c1ccc2c(c1)N(Cc1c(F)cc(OC)cc1Cl)C(=O)N(C)[C@H]2C.COC(=O)c1ccc2c(c1)N(Cc1c(F)ccc(C(N)=O)c1F)C(=O)N(C)[C@H]2C. The molecule has 0 spiro atoms. The Morgan fingerprint density at radius 2 is 0.636 bits per heavy atom. The average molecular weight is 2060 g/mol. The topological polar surface area (TPSA) is 360 Å². The lowest BCUT2D eigenvalue weighted by Crippen LogP contribution is -2.47. The molecule has 0 aromatic heterocycles. The smallest absolute Gasteiger partial charge is 0.337 e. The quantitative estimate of drug-likeness (QED) is 0.0245. The Morgan fingerprint density at radius 3 is 0.923 bits per heavy atom. The van der Waals surface area contributed by atoms with Crippen molar-refractivity contribution in [2.75, 3.05) is 123 Å². The van der Waals surface area contributed by atoms with Crippen molar-refractivity contribution in [2.45, 2.75) is 104 Å². The van der Waals surface area contributed by atoms with E-state index in [-0.39, 0.29) is 176 Å². The molecule has 10 aromatic rings. The Labute approximate surface area is 838 Å². The Balaban J connectivity index is 0.000000171. The fraction of sp³-hybridized carbons (Fsp3) is 0.297. The summed E-state index contributed by atoms with van der Waals surface area (Å²) in [6, 6.07) is 34.0. The number of benzene rings is 10. The first-order valence-corrected chi connectivity index (χ1v) is 45.3. The second kappa shape index (κ2) is 46.3. The van der Waals surface area contributed by atoms with Crippen molar-refractivity contribution in [2.24, 2.45) is 5.73 Å². The Morgan fingerprint density at radius 1 is 0.343 bits per heavy atom. The van der Waals surface area contributed by atoms with E-state index < -0.39 is 94.4 Å². The Hall–Kier alpha value is -14.7. The molecule has 0 aliphatic carbocycles. The predicted molar refractivity (Wildman–Crippen MR) is 520 cm³/mol. The maximum atomic E-state index is 15.2. The normalized spacial score (nSPS) is 16.0. The van der Waals surface area contributed by atoms with E-state index in [1.54, 1.807) is 137 Å². The number of fused-ring (bicyclic) bond motifs is 5. The number of amides is 11. The van der Waals surface area contributed by atoms with Crippen molar-refractivity contribution in [3.63, 3.8) is 0 Å². The predicted octanol–water partition coefficient (Wildman–Crippen LogP) is 20.1. The molecule has 32 nitrogen and oxygen atoms in total. The van der Waals surface area contributed by atoms with E-state index >= 15 is 4.39 Å².